The van der Waals surface area contributed by atoms with Crippen LogP contribution >= 0.6 is 0 Å². The van der Waals surface area contributed by atoms with Gasteiger partial charge in [-0.15, -0.1) is 0 Å². The Morgan fingerprint density at radius 2 is 1.74 bits per heavy atom. The van der Waals surface area contributed by atoms with E-state index in [0.29, 0.717) is 17.9 Å². The van der Waals surface area contributed by atoms with Crippen LogP contribution in [0.15, 0.2) is 17.0 Å². The van der Waals surface area contributed by atoms with Gasteiger partial charge in [0.25, 0.3) is 0 Å². The fraction of sp³-hybridized carbons (Fsp3) is 0.588. The number of carbonyl (C=O) groups is 1. The fourth-order valence-electron chi connectivity index (χ4n) is 3.51. The van der Waals surface area contributed by atoms with Gasteiger partial charge in [0.15, 0.2) is 0 Å². The van der Waals surface area contributed by atoms with E-state index in [1.807, 2.05) is 32.9 Å². The zero-order valence-electron chi connectivity index (χ0n) is 13.9. The van der Waals surface area contributed by atoms with Crippen molar-refractivity contribution in [3.63, 3.8) is 0 Å². The second-order valence-electron chi connectivity index (χ2n) is 6.78. The standard InChI is InChI=1S/C17H24N2O3S/c1-11-9-12(2)16(13(3)10-11)23(21,22)19-8-4-5-15(19)17(20)18-14-6-7-14/h9-10,14-15H,4-8H2,1-3H3,(H,18,20)/t15-/m1/s1. The maximum Gasteiger partial charge on any atom is 0.244 e. The van der Waals surface area contributed by atoms with Crippen molar-refractivity contribution in [3.05, 3.63) is 28.8 Å². The summed E-state index contributed by atoms with van der Waals surface area (Å²) in [7, 11) is -3.65. The molecule has 126 valence electrons. The maximum atomic E-state index is 13.1. The van der Waals surface area contributed by atoms with E-state index in [2.05, 4.69) is 5.32 Å². The second-order valence-corrected chi connectivity index (χ2v) is 8.61. The monoisotopic (exact) mass is 336 g/mol. The molecule has 2 aliphatic rings. The van der Waals surface area contributed by atoms with E-state index < -0.39 is 16.1 Å². The third-order valence-electron chi connectivity index (χ3n) is 4.60. The summed E-state index contributed by atoms with van der Waals surface area (Å²) >= 11 is 0. The molecule has 5 nitrogen and oxygen atoms in total. The van der Waals surface area contributed by atoms with Crippen LogP contribution in [0.1, 0.15) is 42.4 Å². The summed E-state index contributed by atoms with van der Waals surface area (Å²) in [6, 6.07) is 3.45. The minimum absolute atomic E-state index is 0.143. The van der Waals surface area contributed by atoms with Crippen molar-refractivity contribution in [1.82, 2.24) is 9.62 Å². The van der Waals surface area contributed by atoms with Crippen molar-refractivity contribution in [2.75, 3.05) is 6.54 Å². The molecule has 1 heterocycles. The summed E-state index contributed by atoms with van der Waals surface area (Å²) in [5, 5.41) is 2.94. The summed E-state index contributed by atoms with van der Waals surface area (Å²) in [4.78, 5) is 12.7. The molecule has 0 unspecified atom stereocenters. The van der Waals surface area contributed by atoms with Crippen molar-refractivity contribution in [3.8, 4) is 0 Å². The molecule has 1 aliphatic carbocycles. The maximum absolute atomic E-state index is 13.1. The number of rotatable bonds is 4. The van der Waals surface area contributed by atoms with Crippen LogP contribution in [-0.2, 0) is 14.8 Å². The Morgan fingerprint density at radius 1 is 1.13 bits per heavy atom. The van der Waals surface area contributed by atoms with Gasteiger partial charge in [-0.25, -0.2) is 8.42 Å². The predicted octanol–water partition coefficient (Wildman–Crippen LogP) is 2.04. The smallest absolute Gasteiger partial charge is 0.244 e. The highest BCUT2D eigenvalue weighted by atomic mass is 32.2. The van der Waals surface area contributed by atoms with Gasteiger partial charge in [-0.1, -0.05) is 17.7 Å². The Bertz CT molecular complexity index is 715. The Morgan fingerprint density at radius 3 is 2.30 bits per heavy atom. The molecule has 1 aromatic carbocycles. The zero-order chi connectivity index (χ0) is 16.8. The fourth-order valence-corrected chi connectivity index (χ4v) is 5.58. The lowest BCUT2D eigenvalue weighted by molar-refractivity contribution is -0.124. The number of sulfonamides is 1. The number of hydrogen-bond donors (Lipinski definition) is 1. The molecular formula is C17H24N2O3S. The third-order valence-corrected chi connectivity index (χ3v) is 6.82. The van der Waals surface area contributed by atoms with Crippen molar-refractivity contribution in [2.45, 2.75) is 63.4 Å². The molecule has 1 atom stereocenters. The molecule has 23 heavy (non-hydrogen) atoms. The van der Waals surface area contributed by atoms with Crippen LogP contribution in [0.3, 0.4) is 0 Å². The van der Waals surface area contributed by atoms with Crippen LogP contribution in [-0.4, -0.2) is 37.3 Å². The van der Waals surface area contributed by atoms with E-state index >= 15 is 0 Å². The van der Waals surface area contributed by atoms with Crippen molar-refractivity contribution in [2.24, 2.45) is 0 Å². The molecule has 1 N–H and O–H groups in total. The van der Waals surface area contributed by atoms with E-state index in [0.717, 1.165) is 36.0 Å². The lowest BCUT2D eigenvalue weighted by Gasteiger charge is -2.25. The molecule has 6 heteroatoms. The topological polar surface area (TPSA) is 66.5 Å². The average molecular weight is 336 g/mol. The summed E-state index contributed by atoms with van der Waals surface area (Å²) < 4.78 is 27.7. The first-order valence-electron chi connectivity index (χ1n) is 8.21. The Balaban J connectivity index is 1.93. The normalized spacial score (nSPS) is 22.3. The van der Waals surface area contributed by atoms with Gasteiger partial charge >= 0.3 is 0 Å². The Kier molecular flexibility index (Phi) is 4.23. The number of carbonyl (C=O) groups excluding carboxylic acids is 1. The van der Waals surface area contributed by atoms with Gasteiger partial charge < -0.3 is 5.32 Å². The molecule has 2 fully saturated rings. The van der Waals surface area contributed by atoms with Gasteiger partial charge in [0.05, 0.1) is 4.90 Å². The predicted molar refractivity (Wildman–Crippen MR) is 88.7 cm³/mol. The minimum Gasteiger partial charge on any atom is -0.352 e. The van der Waals surface area contributed by atoms with Crippen LogP contribution in [0.2, 0.25) is 0 Å². The second kappa shape index (κ2) is 5.91. The highest BCUT2D eigenvalue weighted by molar-refractivity contribution is 7.89. The van der Waals surface area contributed by atoms with Crippen molar-refractivity contribution in [1.29, 1.82) is 0 Å². The van der Waals surface area contributed by atoms with E-state index in [-0.39, 0.29) is 11.9 Å². The van der Waals surface area contributed by atoms with Crippen molar-refractivity contribution < 1.29 is 13.2 Å². The van der Waals surface area contributed by atoms with E-state index in [4.69, 9.17) is 0 Å². The van der Waals surface area contributed by atoms with E-state index in [1.165, 1.54) is 4.31 Å². The summed E-state index contributed by atoms with van der Waals surface area (Å²) in [5.74, 6) is -0.143. The van der Waals surface area contributed by atoms with E-state index in [1.54, 1.807) is 0 Å². The molecule has 0 spiro atoms. The first-order chi connectivity index (χ1) is 10.8. The molecular weight excluding hydrogens is 312 g/mol. The molecule has 1 aliphatic heterocycles. The van der Waals surface area contributed by atoms with Gasteiger partial charge in [0, 0.05) is 12.6 Å². The Hall–Kier alpha value is -1.40. The highest BCUT2D eigenvalue weighted by Gasteiger charge is 2.41. The Labute approximate surface area is 138 Å². The van der Waals surface area contributed by atoms with Gasteiger partial charge in [-0.2, -0.15) is 4.31 Å². The van der Waals surface area contributed by atoms with Crippen LogP contribution < -0.4 is 5.32 Å². The van der Waals surface area contributed by atoms with Gasteiger partial charge in [0.1, 0.15) is 6.04 Å². The van der Waals surface area contributed by atoms with Crippen LogP contribution in [0.5, 0.6) is 0 Å². The molecule has 0 bridgehead atoms. The number of nitrogens with zero attached hydrogens (tertiary/aromatic N) is 1. The number of nitrogens with one attached hydrogen (secondary N) is 1. The molecule has 0 aromatic heterocycles. The lowest BCUT2D eigenvalue weighted by atomic mass is 10.1. The van der Waals surface area contributed by atoms with Crippen molar-refractivity contribution >= 4 is 15.9 Å². The minimum atomic E-state index is -3.65. The third kappa shape index (κ3) is 3.15. The average Bonchev–Trinajstić information content (AvgIpc) is 3.09. The van der Waals surface area contributed by atoms with Crippen LogP contribution in [0, 0.1) is 20.8 Å². The summed E-state index contributed by atoms with van der Waals surface area (Å²) in [5.41, 5.74) is 2.54. The summed E-state index contributed by atoms with van der Waals surface area (Å²) in [6.45, 7) is 6.01. The molecule has 3 rings (SSSR count). The largest absolute Gasteiger partial charge is 0.352 e. The quantitative estimate of drug-likeness (QED) is 0.915. The van der Waals surface area contributed by atoms with Gasteiger partial charge in [0.2, 0.25) is 15.9 Å². The number of amides is 1. The zero-order valence-corrected chi connectivity index (χ0v) is 14.7. The lowest BCUT2D eigenvalue weighted by Crippen LogP contribution is -2.46. The molecule has 0 radical (unpaired) electrons. The first-order valence-corrected chi connectivity index (χ1v) is 9.65. The number of aryl methyl sites for hydroxylation is 3. The van der Waals surface area contributed by atoms with Crippen LogP contribution in [0.4, 0.5) is 0 Å². The van der Waals surface area contributed by atoms with Gasteiger partial charge in [-0.3, -0.25) is 4.79 Å². The molecule has 1 aromatic rings. The van der Waals surface area contributed by atoms with Crippen LogP contribution in [0.25, 0.3) is 0 Å². The molecule has 1 amide bonds. The number of hydrogen-bond acceptors (Lipinski definition) is 3. The van der Waals surface area contributed by atoms with E-state index in [9.17, 15) is 13.2 Å². The highest BCUT2D eigenvalue weighted by Crippen LogP contribution is 2.31. The SMILES string of the molecule is Cc1cc(C)c(S(=O)(=O)N2CCC[C@@H]2C(=O)NC2CC2)c(C)c1. The first kappa shape index (κ1) is 16.5. The molecule has 1 saturated carbocycles. The van der Waals surface area contributed by atoms with Gasteiger partial charge in [-0.05, 0) is 57.6 Å². The number of benzene rings is 1. The molecule has 1 saturated heterocycles. The summed E-state index contributed by atoms with van der Waals surface area (Å²) in [6.07, 6.45) is 3.33.